The van der Waals surface area contributed by atoms with Crippen LogP contribution in [-0.4, -0.2) is 68.0 Å². The third kappa shape index (κ3) is 10.1. The van der Waals surface area contributed by atoms with Crippen molar-refractivity contribution < 1.29 is 49.8 Å². The summed E-state index contributed by atoms with van der Waals surface area (Å²) in [6.45, 7) is 0. The number of carbonyl (C=O) groups excluding carboxylic acids is 2. The molecular formula is C19H18F2N8O13S2. The average molecular weight is 669 g/mol. The third-order valence-electron chi connectivity index (χ3n) is 4.47. The number of fused-ring (bicyclic) bond motifs is 1. The highest BCUT2D eigenvalue weighted by atomic mass is 32.2. The molecule has 44 heavy (non-hydrogen) atoms. The minimum absolute atomic E-state index is 0.128. The molecule has 2 aromatic carbocycles. The summed E-state index contributed by atoms with van der Waals surface area (Å²) in [7, 11) is -6.03. The molecule has 0 fully saturated rings. The van der Waals surface area contributed by atoms with Crippen molar-refractivity contribution in [2.45, 2.75) is 0 Å². The van der Waals surface area contributed by atoms with E-state index in [9.17, 15) is 65.0 Å². The number of hydrogen-bond acceptors (Lipinski definition) is 15. The summed E-state index contributed by atoms with van der Waals surface area (Å²) in [6.07, 6.45) is 2.80. The number of rotatable bonds is 7. The topological polar surface area (TPSA) is 315 Å². The minimum atomic E-state index is -3.93. The van der Waals surface area contributed by atoms with Gasteiger partial charge in [0.15, 0.2) is 0 Å². The van der Waals surface area contributed by atoms with Crippen LogP contribution >= 0.6 is 0 Å². The summed E-state index contributed by atoms with van der Waals surface area (Å²) in [4.78, 5) is 72.2. The highest BCUT2D eigenvalue weighted by Crippen LogP contribution is 2.28. The standard InChI is InChI=1S/C9H7FN4O6S.C9H5FN2O5.CH6N2O2S/c1-21(19,20)12-13-8(15)4-2-5(10)7(14(17)18)3-6(4)11-9(13)16;1-17-9(14)5-2-6(10)8(12(15)16)3-7(5)11-4-13;1-6(4,5)3-2/h2-3,12H,1H3,(H,11,16);2-3H,1H3;3H,2H2,1H3. The first-order chi connectivity index (χ1) is 20.2. The number of nitrogens with one attached hydrogen (secondary N) is 3. The molecule has 25 heteroatoms. The first-order valence-electron chi connectivity index (χ1n) is 10.6. The van der Waals surface area contributed by atoms with E-state index >= 15 is 0 Å². The number of H-pyrrole nitrogens is 1. The molecule has 21 nitrogen and oxygen atoms in total. The van der Waals surface area contributed by atoms with Crippen LogP contribution in [0.1, 0.15) is 10.4 Å². The second kappa shape index (κ2) is 14.6. The van der Waals surface area contributed by atoms with Crippen molar-refractivity contribution in [1.29, 1.82) is 0 Å². The number of ether oxygens (including phenoxy) is 1. The third-order valence-corrected chi connectivity index (χ3v) is 5.41. The van der Waals surface area contributed by atoms with Crippen LogP contribution in [-0.2, 0) is 29.6 Å². The lowest BCUT2D eigenvalue weighted by Crippen LogP contribution is -2.43. The van der Waals surface area contributed by atoms with Crippen molar-refractivity contribution in [2.24, 2.45) is 10.8 Å². The molecule has 0 aliphatic rings. The molecule has 3 rings (SSSR count). The largest absolute Gasteiger partial charge is 0.465 e. The number of isocyanates is 1. The van der Waals surface area contributed by atoms with Crippen LogP contribution in [0.2, 0.25) is 0 Å². The zero-order valence-electron chi connectivity index (χ0n) is 22.1. The lowest BCUT2D eigenvalue weighted by Gasteiger charge is -2.07. The minimum Gasteiger partial charge on any atom is -0.465 e. The molecule has 3 aromatic rings. The summed E-state index contributed by atoms with van der Waals surface area (Å²) in [6, 6.07) is 2.47. The summed E-state index contributed by atoms with van der Waals surface area (Å²) < 4.78 is 72.8. The molecule has 0 amide bonds. The van der Waals surface area contributed by atoms with Crippen LogP contribution in [0.5, 0.6) is 0 Å². The Morgan fingerprint density at radius 3 is 1.95 bits per heavy atom. The van der Waals surface area contributed by atoms with E-state index in [4.69, 9.17) is 0 Å². The van der Waals surface area contributed by atoms with E-state index in [1.807, 2.05) is 0 Å². The van der Waals surface area contributed by atoms with Crippen LogP contribution < -0.4 is 26.8 Å². The number of nitrogens with zero attached hydrogens (tertiary/aromatic N) is 4. The Hall–Kier alpha value is -5.49. The Kier molecular flexibility index (Phi) is 12.1. The van der Waals surface area contributed by atoms with E-state index in [-0.39, 0.29) is 21.4 Å². The second-order valence-electron chi connectivity index (χ2n) is 7.70. The molecule has 0 aliphatic carbocycles. The molecule has 1 aromatic heterocycles. The molecule has 0 bridgehead atoms. The first kappa shape index (κ1) is 36.5. The van der Waals surface area contributed by atoms with Crippen LogP contribution in [0.15, 0.2) is 38.8 Å². The van der Waals surface area contributed by atoms with Crippen LogP contribution in [0.4, 0.5) is 25.8 Å². The van der Waals surface area contributed by atoms with Crippen LogP contribution in [0.25, 0.3) is 10.9 Å². The number of nitro groups is 2. The van der Waals surface area contributed by atoms with Gasteiger partial charge in [0.1, 0.15) is 0 Å². The number of hydrogen-bond donors (Lipinski definition) is 4. The molecule has 1 heterocycles. The summed E-state index contributed by atoms with van der Waals surface area (Å²) >= 11 is 0. The first-order valence-corrected chi connectivity index (χ1v) is 14.4. The Balaban J connectivity index is 0.000000378. The van der Waals surface area contributed by atoms with Gasteiger partial charge in [-0.2, -0.15) is 23.3 Å². The summed E-state index contributed by atoms with van der Waals surface area (Å²) in [5, 5.41) is 20.6. The van der Waals surface area contributed by atoms with Gasteiger partial charge in [-0.25, -0.2) is 36.1 Å². The van der Waals surface area contributed by atoms with Crippen LogP contribution in [0, 0.1) is 31.9 Å². The van der Waals surface area contributed by atoms with Gasteiger partial charge in [-0.3, -0.25) is 30.9 Å². The van der Waals surface area contributed by atoms with E-state index in [1.54, 1.807) is 9.66 Å². The van der Waals surface area contributed by atoms with Crippen molar-refractivity contribution in [2.75, 3.05) is 24.5 Å². The molecule has 5 N–H and O–H groups in total. The zero-order chi connectivity index (χ0) is 34.2. The number of carbonyl (C=O) groups is 1. The number of aromatic amines is 1. The molecule has 0 radical (unpaired) electrons. The number of nitro benzene ring substituents is 2. The average Bonchev–Trinajstić information content (AvgIpc) is 2.91. The fourth-order valence-electron chi connectivity index (χ4n) is 2.72. The lowest BCUT2D eigenvalue weighted by molar-refractivity contribution is -0.387. The highest BCUT2D eigenvalue weighted by molar-refractivity contribution is 7.91. The SMILES string of the molecule is COC(=O)c1cc(F)c([N+](=O)[O-])cc1N=C=O.CS(=O)(=O)NN.CS(=O)(=O)Nn1c(=O)[nH]c2cc([N+](=O)[O-])c(F)cc2c1=O. The monoisotopic (exact) mass is 668 g/mol. The molecule has 0 unspecified atom stereocenters. The molecular weight excluding hydrogens is 650 g/mol. The van der Waals surface area contributed by atoms with E-state index in [0.717, 1.165) is 19.4 Å². The number of aromatic nitrogens is 2. The number of methoxy groups -OCH3 is 1. The highest BCUT2D eigenvalue weighted by Gasteiger charge is 2.22. The van der Waals surface area contributed by atoms with Gasteiger partial charge in [0.25, 0.3) is 5.56 Å². The van der Waals surface area contributed by atoms with E-state index in [1.165, 1.54) is 0 Å². The predicted molar refractivity (Wildman–Crippen MR) is 144 cm³/mol. The van der Waals surface area contributed by atoms with Gasteiger partial charge in [0, 0.05) is 12.1 Å². The number of sulfonamides is 2. The maximum atomic E-state index is 13.5. The van der Waals surface area contributed by atoms with Gasteiger partial charge in [-0.1, -0.05) is 0 Å². The Morgan fingerprint density at radius 1 is 1.02 bits per heavy atom. The quantitative estimate of drug-likeness (QED) is 0.0594. The Morgan fingerprint density at radius 2 is 1.52 bits per heavy atom. The second-order valence-corrected chi connectivity index (χ2v) is 11.2. The van der Waals surface area contributed by atoms with Crippen LogP contribution in [0.3, 0.4) is 0 Å². The van der Waals surface area contributed by atoms with Gasteiger partial charge in [-0.15, -0.1) is 0 Å². The number of halogens is 2. The van der Waals surface area contributed by atoms with Gasteiger partial charge in [0.05, 0.1) is 51.6 Å². The zero-order valence-corrected chi connectivity index (χ0v) is 23.7. The molecule has 0 atom stereocenters. The van der Waals surface area contributed by atoms with Crippen molar-refractivity contribution in [3.63, 3.8) is 0 Å². The van der Waals surface area contributed by atoms with Gasteiger partial charge in [0.2, 0.25) is 37.8 Å². The Bertz CT molecular complexity index is 2020. The van der Waals surface area contributed by atoms with Crippen molar-refractivity contribution >= 4 is 60.1 Å². The lowest BCUT2D eigenvalue weighted by atomic mass is 10.1. The molecule has 0 saturated heterocycles. The van der Waals surface area contributed by atoms with E-state index < -0.39 is 75.5 Å². The van der Waals surface area contributed by atoms with Crippen molar-refractivity contribution in [3.8, 4) is 0 Å². The van der Waals surface area contributed by atoms with E-state index in [0.29, 0.717) is 30.5 Å². The number of nitrogens with two attached hydrogens (primary N) is 1. The number of aliphatic imine (C=N–C) groups is 1. The van der Waals surface area contributed by atoms with Crippen molar-refractivity contribution in [1.82, 2.24) is 14.5 Å². The number of esters is 1. The normalized spacial score (nSPS) is 10.7. The number of hydrazine groups is 1. The van der Waals surface area contributed by atoms with Crippen molar-refractivity contribution in [3.05, 3.63) is 82.5 Å². The molecule has 0 spiro atoms. The number of benzene rings is 2. The smallest absolute Gasteiger partial charge is 0.348 e. The molecule has 0 saturated carbocycles. The molecule has 238 valence electrons. The fourth-order valence-corrected chi connectivity index (χ4v) is 3.22. The molecule has 0 aliphatic heterocycles. The predicted octanol–water partition coefficient (Wildman–Crippen LogP) is -0.863. The Labute approximate surface area is 242 Å². The fraction of sp³-hybridized carbons (Fsp3) is 0.158. The van der Waals surface area contributed by atoms with Gasteiger partial charge >= 0.3 is 23.0 Å². The maximum Gasteiger partial charge on any atom is 0.348 e. The summed E-state index contributed by atoms with van der Waals surface area (Å²) in [5.74, 6) is 0.991. The maximum absolute atomic E-state index is 13.5. The summed E-state index contributed by atoms with van der Waals surface area (Å²) in [5.41, 5.74) is -5.20. The van der Waals surface area contributed by atoms with E-state index in [2.05, 4.69) is 20.6 Å². The van der Waals surface area contributed by atoms with Gasteiger partial charge in [-0.05, 0) is 12.1 Å². The van der Waals surface area contributed by atoms with Gasteiger partial charge < -0.3 is 9.72 Å².